The molecule has 2 atom stereocenters. The van der Waals surface area contributed by atoms with Crippen molar-refractivity contribution >= 4 is 0 Å². The number of rotatable bonds is 0. The van der Waals surface area contributed by atoms with E-state index in [1.54, 1.807) is 0 Å². The van der Waals surface area contributed by atoms with Crippen molar-refractivity contribution in [2.24, 2.45) is 5.92 Å². The van der Waals surface area contributed by atoms with Crippen molar-refractivity contribution in [2.45, 2.75) is 44.1 Å². The molecule has 0 aromatic heterocycles. The van der Waals surface area contributed by atoms with Crippen LogP contribution in [0, 0.1) is 5.92 Å². The summed E-state index contributed by atoms with van der Waals surface area (Å²) in [5.74, 6) is 0.694. The van der Waals surface area contributed by atoms with E-state index in [0.29, 0.717) is 5.92 Å². The lowest BCUT2D eigenvalue weighted by Gasteiger charge is -2.03. The first kappa shape index (κ1) is 5.72. The molecule has 0 bridgehead atoms. The summed E-state index contributed by atoms with van der Waals surface area (Å²) in [5.41, 5.74) is -0.170. The molecule has 9 heavy (non-hydrogen) atoms. The fraction of sp³-hybridized carbons (Fsp3) is 1.00. The summed E-state index contributed by atoms with van der Waals surface area (Å²) in [6.07, 6.45) is 7.43. The van der Waals surface area contributed by atoms with Crippen LogP contribution in [0.25, 0.3) is 0 Å². The summed E-state index contributed by atoms with van der Waals surface area (Å²) >= 11 is 0. The average molecular weight is 126 g/mol. The standard InChI is InChI=1S/C8H14O/c9-8-5-3-1-2-4-7(8)6-8/h7,9H,1-6H2. The van der Waals surface area contributed by atoms with Gasteiger partial charge in [-0.1, -0.05) is 19.3 Å². The second-order valence-electron chi connectivity index (χ2n) is 3.60. The van der Waals surface area contributed by atoms with Gasteiger partial charge in [0.1, 0.15) is 0 Å². The highest BCUT2D eigenvalue weighted by Crippen LogP contribution is 2.51. The second kappa shape index (κ2) is 1.72. The SMILES string of the molecule is OC12CCCCCC1C2. The summed E-state index contributed by atoms with van der Waals surface area (Å²) in [6.45, 7) is 0. The van der Waals surface area contributed by atoms with Gasteiger partial charge in [0, 0.05) is 0 Å². The first-order valence-electron chi connectivity index (χ1n) is 4.04. The van der Waals surface area contributed by atoms with Gasteiger partial charge in [0.05, 0.1) is 5.60 Å². The number of fused-ring (bicyclic) bond motifs is 1. The van der Waals surface area contributed by atoms with Gasteiger partial charge in [-0.25, -0.2) is 0 Å². The highest BCUT2D eigenvalue weighted by atomic mass is 16.3. The van der Waals surface area contributed by atoms with Crippen LogP contribution in [0.4, 0.5) is 0 Å². The molecule has 0 aromatic carbocycles. The van der Waals surface area contributed by atoms with Crippen molar-refractivity contribution in [3.05, 3.63) is 0 Å². The molecule has 1 nitrogen and oxygen atoms in total. The zero-order valence-corrected chi connectivity index (χ0v) is 5.77. The van der Waals surface area contributed by atoms with Crippen molar-refractivity contribution in [2.75, 3.05) is 0 Å². The van der Waals surface area contributed by atoms with E-state index in [2.05, 4.69) is 0 Å². The van der Waals surface area contributed by atoms with E-state index in [9.17, 15) is 5.11 Å². The number of aliphatic hydroxyl groups is 1. The molecule has 0 aromatic rings. The van der Waals surface area contributed by atoms with Crippen LogP contribution < -0.4 is 0 Å². The van der Waals surface area contributed by atoms with Gasteiger partial charge in [-0.2, -0.15) is 0 Å². The lowest BCUT2D eigenvalue weighted by Crippen LogP contribution is -2.08. The monoisotopic (exact) mass is 126 g/mol. The maximum atomic E-state index is 9.63. The average Bonchev–Trinajstić information content (AvgIpc) is 2.40. The normalized spacial score (nSPS) is 49.7. The van der Waals surface area contributed by atoms with Crippen LogP contribution in [0.1, 0.15) is 38.5 Å². The van der Waals surface area contributed by atoms with Gasteiger partial charge < -0.3 is 5.11 Å². The fourth-order valence-corrected chi connectivity index (χ4v) is 2.04. The minimum atomic E-state index is -0.170. The van der Waals surface area contributed by atoms with E-state index < -0.39 is 0 Å². The van der Waals surface area contributed by atoms with Gasteiger partial charge >= 0.3 is 0 Å². The topological polar surface area (TPSA) is 20.2 Å². The Balaban J connectivity index is 2.00. The first-order chi connectivity index (χ1) is 4.31. The van der Waals surface area contributed by atoms with Crippen LogP contribution in [0.3, 0.4) is 0 Å². The smallest absolute Gasteiger partial charge is 0.0680 e. The third-order valence-electron chi connectivity index (χ3n) is 2.86. The van der Waals surface area contributed by atoms with Crippen LogP contribution in [0.5, 0.6) is 0 Å². The van der Waals surface area contributed by atoms with Crippen LogP contribution in [-0.4, -0.2) is 10.7 Å². The Kier molecular flexibility index (Phi) is 1.10. The van der Waals surface area contributed by atoms with E-state index in [0.717, 1.165) is 12.8 Å². The molecule has 1 N–H and O–H groups in total. The van der Waals surface area contributed by atoms with Crippen LogP contribution in [0.15, 0.2) is 0 Å². The third kappa shape index (κ3) is 0.877. The minimum absolute atomic E-state index is 0.170. The van der Waals surface area contributed by atoms with Crippen LogP contribution in [-0.2, 0) is 0 Å². The third-order valence-corrected chi connectivity index (χ3v) is 2.86. The van der Waals surface area contributed by atoms with E-state index in [1.807, 2.05) is 0 Å². The molecule has 0 amide bonds. The summed E-state index contributed by atoms with van der Waals surface area (Å²) in [6, 6.07) is 0. The lowest BCUT2D eigenvalue weighted by molar-refractivity contribution is 0.123. The molecule has 52 valence electrons. The molecule has 2 aliphatic carbocycles. The Morgan fingerprint density at radius 3 is 3.00 bits per heavy atom. The van der Waals surface area contributed by atoms with E-state index in [1.165, 1.54) is 25.7 Å². The fourth-order valence-electron chi connectivity index (χ4n) is 2.04. The van der Waals surface area contributed by atoms with E-state index >= 15 is 0 Å². The first-order valence-corrected chi connectivity index (χ1v) is 4.04. The van der Waals surface area contributed by atoms with Gasteiger partial charge in [-0.15, -0.1) is 0 Å². The van der Waals surface area contributed by atoms with Crippen LogP contribution >= 0.6 is 0 Å². The predicted octanol–water partition coefficient (Wildman–Crippen LogP) is 1.70. The summed E-state index contributed by atoms with van der Waals surface area (Å²) in [4.78, 5) is 0. The minimum Gasteiger partial charge on any atom is -0.390 e. The molecule has 0 aliphatic heterocycles. The molecule has 2 fully saturated rings. The van der Waals surface area contributed by atoms with Gasteiger partial charge in [-0.3, -0.25) is 0 Å². The molecule has 0 spiro atoms. The summed E-state index contributed by atoms with van der Waals surface area (Å²) in [5, 5.41) is 9.63. The van der Waals surface area contributed by atoms with E-state index in [-0.39, 0.29) is 5.60 Å². The maximum absolute atomic E-state index is 9.63. The maximum Gasteiger partial charge on any atom is 0.0680 e. The second-order valence-corrected chi connectivity index (χ2v) is 3.60. The Bertz CT molecular complexity index is 122. The molecule has 0 heterocycles. The predicted molar refractivity (Wildman–Crippen MR) is 36.1 cm³/mol. The van der Waals surface area contributed by atoms with Gasteiger partial charge in [-0.05, 0) is 25.2 Å². The Hall–Kier alpha value is -0.0400. The molecule has 2 unspecified atom stereocenters. The lowest BCUT2D eigenvalue weighted by atomic mass is 10.1. The summed E-state index contributed by atoms with van der Waals surface area (Å²) < 4.78 is 0. The highest BCUT2D eigenvalue weighted by molar-refractivity contribution is 5.03. The zero-order valence-electron chi connectivity index (χ0n) is 5.77. The molecule has 0 saturated heterocycles. The zero-order chi connectivity index (χ0) is 6.32. The van der Waals surface area contributed by atoms with Crippen molar-refractivity contribution in [1.29, 1.82) is 0 Å². The molecule has 1 heteroatoms. The molecule has 0 radical (unpaired) electrons. The van der Waals surface area contributed by atoms with Gasteiger partial charge in [0.15, 0.2) is 0 Å². The number of hydrogen-bond donors (Lipinski definition) is 1. The molecular weight excluding hydrogens is 112 g/mol. The van der Waals surface area contributed by atoms with Crippen molar-refractivity contribution < 1.29 is 5.11 Å². The van der Waals surface area contributed by atoms with Crippen molar-refractivity contribution in [3.63, 3.8) is 0 Å². The molecule has 2 rings (SSSR count). The van der Waals surface area contributed by atoms with Crippen molar-refractivity contribution in [3.8, 4) is 0 Å². The van der Waals surface area contributed by atoms with Gasteiger partial charge in [0.25, 0.3) is 0 Å². The molecule has 2 saturated carbocycles. The highest BCUT2D eigenvalue weighted by Gasteiger charge is 2.52. The van der Waals surface area contributed by atoms with Crippen molar-refractivity contribution in [1.82, 2.24) is 0 Å². The largest absolute Gasteiger partial charge is 0.390 e. The Labute approximate surface area is 56.1 Å². The Morgan fingerprint density at radius 2 is 2.11 bits per heavy atom. The number of hydrogen-bond acceptors (Lipinski definition) is 1. The van der Waals surface area contributed by atoms with E-state index in [4.69, 9.17) is 0 Å². The Morgan fingerprint density at radius 1 is 1.22 bits per heavy atom. The summed E-state index contributed by atoms with van der Waals surface area (Å²) in [7, 11) is 0. The quantitative estimate of drug-likeness (QED) is 0.523. The molecular formula is C8H14O. The van der Waals surface area contributed by atoms with Crippen LogP contribution in [0.2, 0.25) is 0 Å². The molecule has 2 aliphatic rings. The van der Waals surface area contributed by atoms with Gasteiger partial charge in [0.2, 0.25) is 0 Å².